The molecule has 0 saturated heterocycles. The van der Waals surface area contributed by atoms with E-state index in [4.69, 9.17) is 20.8 Å². The number of amides is 1. The summed E-state index contributed by atoms with van der Waals surface area (Å²) in [5.74, 6) is 0.902. The van der Waals surface area contributed by atoms with Crippen molar-refractivity contribution in [1.29, 1.82) is 0 Å². The molecule has 29 heavy (non-hydrogen) atoms. The maximum atomic E-state index is 12.8. The van der Waals surface area contributed by atoms with Gasteiger partial charge in [0.15, 0.2) is 0 Å². The van der Waals surface area contributed by atoms with Gasteiger partial charge in [-0.3, -0.25) is 4.79 Å². The first-order valence-electron chi connectivity index (χ1n) is 9.25. The molecule has 0 unspecified atom stereocenters. The third-order valence-corrected chi connectivity index (χ3v) is 4.70. The monoisotopic (exact) mass is 414 g/mol. The molecule has 0 atom stereocenters. The van der Waals surface area contributed by atoms with Gasteiger partial charge in [0.05, 0.1) is 34.8 Å². The van der Waals surface area contributed by atoms with Crippen molar-refractivity contribution in [2.75, 3.05) is 37.5 Å². The molecule has 3 rings (SSSR count). The lowest BCUT2D eigenvalue weighted by atomic mass is 10.2. The molecule has 0 bridgehead atoms. The molecule has 0 aliphatic carbocycles. The van der Waals surface area contributed by atoms with Gasteiger partial charge in [-0.2, -0.15) is 0 Å². The van der Waals surface area contributed by atoms with Crippen molar-refractivity contribution in [3.05, 3.63) is 59.1 Å². The Morgan fingerprint density at radius 1 is 1.28 bits per heavy atom. The molecule has 2 heterocycles. The first-order valence-corrected chi connectivity index (χ1v) is 9.63. The van der Waals surface area contributed by atoms with E-state index in [0.717, 1.165) is 12.4 Å². The van der Waals surface area contributed by atoms with E-state index in [1.807, 2.05) is 37.1 Å². The predicted molar refractivity (Wildman–Crippen MR) is 114 cm³/mol. The van der Waals surface area contributed by atoms with E-state index in [0.29, 0.717) is 40.9 Å². The minimum Gasteiger partial charge on any atom is -0.431 e. The van der Waals surface area contributed by atoms with Gasteiger partial charge in [0.1, 0.15) is 5.82 Å². The molecule has 7 nitrogen and oxygen atoms in total. The first-order chi connectivity index (χ1) is 14.0. The fourth-order valence-electron chi connectivity index (χ4n) is 2.74. The number of benzene rings is 1. The fraction of sp³-hybridized carbons (Fsp3) is 0.286. The summed E-state index contributed by atoms with van der Waals surface area (Å²) in [6, 6.07) is 10.9. The van der Waals surface area contributed by atoms with E-state index in [2.05, 4.69) is 15.3 Å². The van der Waals surface area contributed by atoms with Crippen molar-refractivity contribution >= 4 is 29.0 Å². The maximum Gasteiger partial charge on any atom is 0.293 e. The van der Waals surface area contributed by atoms with Crippen LogP contribution in [0, 0.1) is 0 Å². The summed E-state index contributed by atoms with van der Waals surface area (Å²) >= 11 is 6.22. The number of rotatable bonds is 8. The highest BCUT2D eigenvalue weighted by molar-refractivity contribution is 6.33. The lowest BCUT2D eigenvalue weighted by molar-refractivity contribution is 0.0996. The molecule has 0 radical (unpaired) electrons. The molecular formula is C21H23ClN4O3. The number of oxazole rings is 1. The zero-order valence-electron chi connectivity index (χ0n) is 16.6. The molecule has 0 spiro atoms. The summed E-state index contributed by atoms with van der Waals surface area (Å²) in [6.45, 7) is 3.24. The summed E-state index contributed by atoms with van der Waals surface area (Å²) < 4.78 is 10.8. The van der Waals surface area contributed by atoms with Gasteiger partial charge in [-0.1, -0.05) is 30.7 Å². The zero-order chi connectivity index (χ0) is 20.8. The molecule has 1 aromatic carbocycles. The van der Waals surface area contributed by atoms with Gasteiger partial charge in [0, 0.05) is 20.7 Å². The number of hydrogen-bond acceptors (Lipinski definition) is 6. The Morgan fingerprint density at radius 2 is 2.07 bits per heavy atom. The number of ether oxygens (including phenoxy) is 1. The number of methoxy groups -OCH3 is 1. The second kappa shape index (κ2) is 9.54. The van der Waals surface area contributed by atoms with Crippen LogP contribution in [0.4, 0.5) is 11.5 Å². The predicted octanol–water partition coefficient (Wildman–Crippen LogP) is 4.29. The topological polar surface area (TPSA) is 80.5 Å². The number of nitrogens with one attached hydrogen (secondary N) is 1. The number of aromatic nitrogens is 2. The number of halogens is 1. The normalized spacial score (nSPS) is 10.8. The van der Waals surface area contributed by atoms with E-state index in [9.17, 15) is 4.79 Å². The number of nitrogens with zero attached hydrogens (tertiary/aromatic N) is 3. The molecule has 0 aliphatic rings. The minimum atomic E-state index is -0.380. The van der Waals surface area contributed by atoms with E-state index >= 15 is 0 Å². The summed E-state index contributed by atoms with van der Waals surface area (Å²) in [7, 11) is 3.59. The van der Waals surface area contributed by atoms with Crippen molar-refractivity contribution in [1.82, 2.24) is 9.97 Å². The fourth-order valence-corrected chi connectivity index (χ4v) is 2.95. The van der Waals surface area contributed by atoms with E-state index < -0.39 is 0 Å². The SMILES string of the molecule is CCc1nc(-c2ccccc2Cl)oc1C(=O)Nc1ccc(N(C)CCOC)nc1. The van der Waals surface area contributed by atoms with Gasteiger partial charge < -0.3 is 19.4 Å². The second-order valence-electron chi connectivity index (χ2n) is 6.40. The van der Waals surface area contributed by atoms with Crippen molar-refractivity contribution in [2.24, 2.45) is 0 Å². The van der Waals surface area contributed by atoms with Crippen LogP contribution in [0.5, 0.6) is 0 Å². The lowest BCUT2D eigenvalue weighted by Gasteiger charge is -2.17. The second-order valence-corrected chi connectivity index (χ2v) is 6.81. The van der Waals surface area contributed by atoms with Crippen LogP contribution in [0.3, 0.4) is 0 Å². The van der Waals surface area contributed by atoms with Crippen LogP contribution < -0.4 is 10.2 Å². The van der Waals surface area contributed by atoms with Crippen molar-refractivity contribution < 1.29 is 13.9 Å². The molecule has 0 fully saturated rings. The van der Waals surface area contributed by atoms with Crippen LogP contribution >= 0.6 is 11.6 Å². The largest absolute Gasteiger partial charge is 0.431 e. The third-order valence-electron chi connectivity index (χ3n) is 4.37. The molecule has 3 aromatic rings. The average Bonchev–Trinajstić information content (AvgIpc) is 3.17. The zero-order valence-corrected chi connectivity index (χ0v) is 17.4. The van der Waals surface area contributed by atoms with Crippen LogP contribution in [0.25, 0.3) is 11.5 Å². The maximum absolute atomic E-state index is 12.8. The van der Waals surface area contributed by atoms with Gasteiger partial charge in [0.25, 0.3) is 5.91 Å². The Labute approximate surface area is 174 Å². The van der Waals surface area contributed by atoms with E-state index in [-0.39, 0.29) is 11.7 Å². The van der Waals surface area contributed by atoms with Crippen LogP contribution in [0.2, 0.25) is 5.02 Å². The third kappa shape index (κ3) is 4.93. The van der Waals surface area contributed by atoms with Crippen LogP contribution in [-0.2, 0) is 11.2 Å². The first kappa shape index (κ1) is 20.8. The molecular weight excluding hydrogens is 392 g/mol. The van der Waals surface area contributed by atoms with Gasteiger partial charge in [-0.15, -0.1) is 0 Å². The number of carbonyl (C=O) groups is 1. The molecule has 152 valence electrons. The smallest absolute Gasteiger partial charge is 0.293 e. The molecule has 1 amide bonds. The molecule has 1 N–H and O–H groups in total. The Hall–Kier alpha value is -2.90. The Balaban J connectivity index is 1.76. The van der Waals surface area contributed by atoms with Gasteiger partial charge in [0.2, 0.25) is 11.7 Å². The number of anilines is 2. The number of pyridine rings is 1. The number of carbonyl (C=O) groups excluding carboxylic acids is 1. The molecule has 8 heteroatoms. The highest BCUT2D eigenvalue weighted by atomic mass is 35.5. The van der Waals surface area contributed by atoms with Crippen molar-refractivity contribution in [2.45, 2.75) is 13.3 Å². The Bertz CT molecular complexity index is 972. The molecule has 0 aliphatic heterocycles. The van der Waals surface area contributed by atoms with Crippen LogP contribution in [-0.4, -0.2) is 43.2 Å². The average molecular weight is 415 g/mol. The summed E-state index contributed by atoms with van der Waals surface area (Å²) in [5.41, 5.74) is 1.78. The Morgan fingerprint density at radius 3 is 2.72 bits per heavy atom. The highest BCUT2D eigenvalue weighted by Gasteiger charge is 2.21. The summed E-state index contributed by atoms with van der Waals surface area (Å²) in [6.07, 6.45) is 2.16. The van der Waals surface area contributed by atoms with Crippen molar-refractivity contribution in [3.63, 3.8) is 0 Å². The van der Waals surface area contributed by atoms with Gasteiger partial charge >= 0.3 is 0 Å². The summed E-state index contributed by atoms with van der Waals surface area (Å²) in [5, 5.41) is 3.32. The highest BCUT2D eigenvalue weighted by Crippen LogP contribution is 2.29. The lowest BCUT2D eigenvalue weighted by Crippen LogP contribution is -2.23. The quantitative estimate of drug-likeness (QED) is 0.592. The number of hydrogen-bond donors (Lipinski definition) is 1. The number of aryl methyl sites for hydroxylation is 1. The van der Waals surface area contributed by atoms with Gasteiger partial charge in [-0.25, -0.2) is 9.97 Å². The van der Waals surface area contributed by atoms with E-state index in [1.165, 1.54) is 0 Å². The minimum absolute atomic E-state index is 0.170. The van der Waals surface area contributed by atoms with Crippen LogP contribution in [0.15, 0.2) is 47.0 Å². The summed E-state index contributed by atoms with van der Waals surface area (Å²) in [4.78, 5) is 23.5. The number of likely N-dealkylation sites (N-methyl/N-ethyl adjacent to an activating group) is 1. The molecule has 0 saturated carbocycles. The van der Waals surface area contributed by atoms with Crippen LogP contribution in [0.1, 0.15) is 23.2 Å². The molecule has 2 aromatic heterocycles. The Kier molecular flexibility index (Phi) is 6.85. The standard InChI is InChI=1S/C21H23ClN4O3/c1-4-17-19(29-21(25-17)15-7-5-6-8-16(15)22)20(27)24-14-9-10-18(23-13-14)26(2)11-12-28-3/h5-10,13H,4,11-12H2,1-3H3,(H,24,27). The van der Waals surface area contributed by atoms with E-state index in [1.54, 1.807) is 31.5 Å². The van der Waals surface area contributed by atoms with Gasteiger partial charge in [-0.05, 0) is 30.7 Å². The van der Waals surface area contributed by atoms with Crippen molar-refractivity contribution in [3.8, 4) is 11.5 Å².